The van der Waals surface area contributed by atoms with Crippen molar-refractivity contribution in [1.29, 1.82) is 0 Å². The summed E-state index contributed by atoms with van der Waals surface area (Å²) in [5.41, 5.74) is 1.41. The van der Waals surface area contributed by atoms with Gasteiger partial charge in [-0.05, 0) is 44.9 Å². The Labute approximate surface area is 248 Å². The van der Waals surface area contributed by atoms with Crippen molar-refractivity contribution in [3.05, 3.63) is 47.9 Å². The lowest BCUT2D eigenvalue weighted by atomic mass is 10.1. The number of Topliss-reactive ketones (excluding diaryl/α,β-unsaturated/α-hetero) is 2. The molecule has 42 heavy (non-hydrogen) atoms. The molecule has 1 saturated heterocycles. The van der Waals surface area contributed by atoms with Gasteiger partial charge in [0.2, 0.25) is 0 Å². The zero-order valence-electron chi connectivity index (χ0n) is 25.3. The van der Waals surface area contributed by atoms with Gasteiger partial charge in [-0.25, -0.2) is 14.6 Å². The van der Waals surface area contributed by atoms with E-state index >= 15 is 0 Å². The molecule has 10 heteroatoms. The van der Waals surface area contributed by atoms with E-state index in [1.54, 1.807) is 38.2 Å². The molecule has 0 aliphatic carbocycles. The van der Waals surface area contributed by atoms with Crippen molar-refractivity contribution in [1.82, 2.24) is 9.97 Å². The minimum Gasteiger partial charge on any atom is -0.451 e. The van der Waals surface area contributed by atoms with Gasteiger partial charge in [-0.15, -0.1) is 0 Å². The first kappa shape index (κ1) is 32.7. The fourth-order valence-corrected chi connectivity index (χ4v) is 4.69. The number of carbonyl (C=O) groups excluding carboxylic acids is 4. The Bertz CT molecular complexity index is 1190. The van der Waals surface area contributed by atoms with Gasteiger partial charge in [-0.1, -0.05) is 39.5 Å². The minimum atomic E-state index is -0.788. The number of ketones is 2. The largest absolute Gasteiger partial charge is 0.451 e. The van der Waals surface area contributed by atoms with Crippen LogP contribution in [0.25, 0.3) is 0 Å². The topological polar surface area (TPSA) is 119 Å². The van der Waals surface area contributed by atoms with Crippen LogP contribution in [0.1, 0.15) is 99.8 Å². The molecule has 2 atom stereocenters. The van der Waals surface area contributed by atoms with Gasteiger partial charge in [0, 0.05) is 51.4 Å². The Balaban J connectivity index is 1.50. The van der Waals surface area contributed by atoms with Gasteiger partial charge in [-0.3, -0.25) is 14.6 Å². The number of unbranched alkanes of at least 4 members (excludes halogenated alkanes) is 4. The van der Waals surface area contributed by atoms with Gasteiger partial charge in [0.1, 0.15) is 5.82 Å². The molecule has 228 valence electrons. The molecule has 0 N–H and O–H groups in total. The maximum Gasteiger partial charge on any atom is 0.340 e. The van der Waals surface area contributed by atoms with Gasteiger partial charge in [0.15, 0.2) is 23.8 Å². The molecule has 1 aliphatic rings. The number of rotatable bonds is 16. The van der Waals surface area contributed by atoms with Crippen molar-refractivity contribution in [2.24, 2.45) is 0 Å². The number of nitrogens with zero attached hydrogens (tertiary/aromatic N) is 4. The van der Waals surface area contributed by atoms with Crippen LogP contribution in [0.3, 0.4) is 0 Å². The molecule has 0 aromatic carbocycles. The van der Waals surface area contributed by atoms with E-state index < -0.39 is 24.1 Å². The van der Waals surface area contributed by atoms with E-state index in [-0.39, 0.29) is 11.6 Å². The van der Waals surface area contributed by atoms with Gasteiger partial charge in [-0.2, -0.15) is 0 Å². The average Bonchev–Trinajstić information content (AvgIpc) is 3.01. The highest BCUT2D eigenvalue weighted by atomic mass is 16.5. The second-order valence-electron chi connectivity index (χ2n) is 10.8. The van der Waals surface area contributed by atoms with Crippen LogP contribution in [0.2, 0.25) is 0 Å². The van der Waals surface area contributed by atoms with Gasteiger partial charge in [0.25, 0.3) is 0 Å². The van der Waals surface area contributed by atoms with Gasteiger partial charge < -0.3 is 19.3 Å². The lowest BCUT2D eigenvalue weighted by molar-refractivity contribution is -0.127. The number of ether oxygens (including phenoxy) is 2. The normalized spacial score (nSPS) is 14.7. The number of carbonyl (C=O) groups is 4. The SMILES string of the molecule is CCCCCC(=O)[C@@H](C)OC(=O)c1ccc(N2CCN(c3cncc(C(=O)O[C@H](C)C(=O)CCCCC)c3)CC2)nc1. The molecule has 0 bridgehead atoms. The zero-order chi connectivity index (χ0) is 30.5. The van der Waals surface area contributed by atoms with Crippen LogP contribution < -0.4 is 9.80 Å². The molecule has 0 radical (unpaired) electrons. The Hall–Kier alpha value is -3.82. The van der Waals surface area contributed by atoms with Crippen LogP contribution in [-0.2, 0) is 19.1 Å². The lowest BCUT2D eigenvalue weighted by Crippen LogP contribution is -2.47. The van der Waals surface area contributed by atoms with Crippen molar-refractivity contribution in [3.8, 4) is 0 Å². The summed E-state index contributed by atoms with van der Waals surface area (Å²) in [6, 6.07) is 5.19. The van der Waals surface area contributed by atoms with Crippen molar-refractivity contribution < 1.29 is 28.7 Å². The highest BCUT2D eigenvalue weighted by molar-refractivity contribution is 5.93. The van der Waals surface area contributed by atoms with Crippen LogP contribution in [0.15, 0.2) is 36.8 Å². The van der Waals surface area contributed by atoms with Crippen LogP contribution in [0.5, 0.6) is 0 Å². The third-order valence-electron chi connectivity index (χ3n) is 7.44. The highest BCUT2D eigenvalue weighted by Gasteiger charge is 2.23. The molecule has 1 aliphatic heterocycles. The van der Waals surface area contributed by atoms with E-state index in [9.17, 15) is 19.2 Å². The fourth-order valence-electron chi connectivity index (χ4n) is 4.69. The Kier molecular flexibility index (Phi) is 12.9. The quantitative estimate of drug-likeness (QED) is 0.194. The summed E-state index contributed by atoms with van der Waals surface area (Å²) in [6.07, 6.45) is 9.50. The maximum atomic E-state index is 12.7. The molecule has 3 rings (SSSR count). The molecule has 0 saturated carbocycles. The summed E-state index contributed by atoms with van der Waals surface area (Å²) in [5.74, 6) is -0.519. The third-order valence-corrected chi connectivity index (χ3v) is 7.44. The molecule has 10 nitrogen and oxygen atoms in total. The summed E-state index contributed by atoms with van der Waals surface area (Å²) in [4.78, 5) is 62.6. The first-order valence-electron chi connectivity index (χ1n) is 15.1. The molecule has 2 aromatic heterocycles. The van der Waals surface area contributed by atoms with E-state index in [0.717, 1.165) is 50.0 Å². The van der Waals surface area contributed by atoms with E-state index in [0.29, 0.717) is 50.1 Å². The standard InChI is InChI=1S/C32H44N4O6/c1-5-7-9-11-28(37)23(3)41-31(39)25-13-14-30(34-21-25)36-17-15-35(16-18-36)27-19-26(20-33-22-27)32(40)42-24(4)29(38)12-10-8-6-2/h13-14,19-24H,5-12,15-18H2,1-4H3/t23-,24-/m1/s1. The summed E-state index contributed by atoms with van der Waals surface area (Å²) in [5, 5.41) is 0. The van der Waals surface area contributed by atoms with Crippen LogP contribution in [-0.4, -0.2) is 71.9 Å². The third kappa shape index (κ3) is 9.63. The van der Waals surface area contributed by atoms with Gasteiger partial charge in [0.05, 0.1) is 23.0 Å². The fraction of sp³-hybridized carbons (Fsp3) is 0.562. The zero-order valence-corrected chi connectivity index (χ0v) is 25.3. The Morgan fingerprint density at radius 2 is 1.29 bits per heavy atom. The number of anilines is 2. The van der Waals surface area contributed by atoms with Crippen LogP contribution in [0.4, 0.5) is 11.5 Å². The van der Waals surface area contributed by atoms with Crippen molar-refractivity contribution in [2.45, 2.75) is 91.3 Å². The van der Waals surface area contributed by atoms with E-state index in [2.05, 4.69) is 33.6 Å². The minimum absolute atomic E-state index is 0.0701. The lowest BCUT2D eigenvalue weighted by Gasteiger charge is -2.36. The van der Waals surface area contributed by atoms with E-state index in [1.807, 2.05) is 0 Å². The maximum absolute atomic E-state index is 12.7. The predicted octanol–water partition coefficient (Wildman–Crippen LogP) is 5.19. The van der Waals surface area contributed by atoms with E-state index in [4.69, 9.17) is 9.47 Å². The van der Waals surface area contributed by atoms with Gasteiger partial charge >= 0.3 is 11.9 Å². The number of hydrogen-bond acceptors (Lipinski definition) is 10. The van der Waals surface area contributed by atoms with Crippen molar-refractivity contribution in [2.75, 3.05) is 36.0 Å². The monoisotopic (exact) mass is 580 g/mol. The molecule has 3 heterocycles. The van der Waals surface area contributed by atoms with Crippen LogP contribution in [0, 0.1) is 0 Å². The molecular weight excluding hydrogens is 536 g/mol. The summed E-state index contributed by atoms with van der Waals surface area (Å²) in [6.45, 7) is 10.1. The van der Waals surface area contributed by atoms with Crippen molar-refractivity contribution in [3.63, 3.8) is 0 Å². The second-order valence-corrected chi connectivity index (χ2v) is 10.8. The molecule has 0 amide bonds. The average molecular weight is 581 g/mol. The number of hydrogen-bond donors (Lipinski definition) is 0. The highest BCUT2D eigenvalue weighted by Crippen LogP contribution is 2.21. The summed E-state index contributed by atoms with van der Waals surface area (Å²) in [7, 11) is 0. The Morgan fingerprint density at radius 3 is 1.81 bits per heavy atom. The summed E-state index contributed by atoms with van der Waals surface area (Å²) >= 11 is 0. The summed E-state index contributed by atoms with van der Waals surface area (Å²) < 4.78 is 10.8. The molecule has 1 fully saturated rings. The molecule has 2 aromatic rings. The molecule has 0 unspecified atom stereocenters. The molecular formula is C32H44N4O6. The first-order valence-corrected chi connectivity index (χ1v) is 15.1. The smallest absolute Gasteiger partial charge is 0.340 e. The second kappa shape index (κ2) is 16.6. The number of pyridine rings is 2. The van der Waals surface area contributed by atoms with E-state index in [1.165, 1.54) is 12.4 Å². The number of piperazine rings is 1. The Morgan fingerprint density at radius 1 is 0.738 bits per heavy atom. The van der Waals surface area contributed by atoms with Crippen molar-refractivity contribution >= 4 is 35.0 Å². The number of aromatic nitrogens is 2. The molecule has 0 spiro atoms. The first-order chi connectivity index (χ1) is 20.2. The predicted molar refractivity (Wildman–Crippen MR) is 161 cm³/mol. The number of esters is 2. The van der Waals surface area contributed by atoms with Crippen LogP contribution >= 0.6 is 0 Å².